The molecule has 2 aromatic rings. The molecule has 0 radical (unpaired) electrons. The summed E-state index contributed by atoms with van der Waals surface area (Å²) in [6, 6.07) is 8.65. The monoisotopic (exact) mass is 424 g/mol. The number of methoxy groups -OCH3 is 1. The summed E-state index contributed by atoms with van der Waals surface area (Å²) in [6.07, 6.45) is 0.0886. The summed E-state index contributed by atoms with van der Waals surface area (Å²) in [4.78, 5) is 13.6. The van der Waals surface area contributed by atoms with E-state index in [4.69, 9.17) is 9.47 Å². The topological polar surface area (TPSA) is 84.9 Å². The molecule has 1 amide bonds. The highest BCUT2D eigenvalue weighted by molar-refractivity contribution is 7.89. The SMILES string of the molecule is COc1ccc(CC(=O)NC(C)c2cccs2)cc1S(=O)(=O)N1CCOCC1. The van der Waals surface area contributed by atoms with Crippen molar-refractivity contribution in [1.82, 2.24) is 9.62 Å². The average molecular weight is 425 g/mol. The minimum Gasteiger partial charge on any atom is -0.495 e. The lowest BCUT2D eigenvalue weighted by Crippen LogP contribution is -2.40. The second-order valence-corrected chi connectivity index (χ2v) is 9.37. The molecule has 2 heterocycles. The van der Waals surface area contributed by atoms with Gasteiger partial charge in [-0.2, -0.15) is 4.31 Å². The fourth-order valence-electron chi connectivity index (χ4n) is 3.05. The number of sulfonamides is 1. The fraction of sp³-hybridized carbons (Fsp3) is 0.421. The molecule has 9 heteroatoms. The van der Waals surface area contributed by atoms with Crippen LogP contribution in [0.1, 0.15) is 23.4 Å². The number of rotatable bonds is 7. The Kier molecular flexibility index (Phi) is 6.71. The van der Waals surface area contributed by atoms with E-state index in [1.165, 1.54) is 17.5 Å². The normalized spacial score (nSPS) is 16.5. The van der Waals surface area contributed by atoms with Crippen molar-refractivity contribution in [2.75, 3.05) is 33.4 Å². The van der Waals surface area contributed by atoms with E-state index in [0.717, 1.165) is 4.88 Å². The molecule has 0 spiro atoms. The largest absolute Gasteiger partial charge is 0.495 e. The standard InChI is InChI=1S/C19H24N2O5S2/c1-14(17-4-3-11-27-17)20-19(22)13-15-5-6-16(25-2)18(12-15)28(23,24)21-7-9-26-10-8-21/h3-6,11-12,14H,7-10,13H2,1-2H3,(H,20,22). The molecule has 0 bridgehead atoms. The van der Waals surface area contributed by atoms with E-state index in [9.17, 15) is 13.2 Å². The van der Waals surface area contributed by atoms with Crippen LogP contribution in [0.15, 0.2) is 40.6 Å². The number of nitrogens with zero attached hydrogens (tertiary/aromatic N) is 1. The lowest BCUT2D eigenvalue weighted by atomic mass is 10.1. The zero-order valence-electron chi connectivity index (χ0n) is 15.9. The van der Waals surface area contributed by atoms with Crippen LogP contribution in [0.4, 0.5) is 0 Å². The van der Waals surface area contributed by atoms with E-state index >= 15 is 0 Å². The lowest BCUT2D eigenvalue weighted by Gasteiger charge is -2.26. The number of hydrogen-bond donors (Lipinski definition) is 1. The van der Waals surface area contributed by atoms with Crippen LogP contribution in [-0.4, -0.2) is 52.0 Å². The molecule has 1 aromatic carbocycles. The molecule has 1 unspecified atom stereocenters. The quantitative estimate of drug-likeness (QED) is 0.737. The van der Waals surface area contributed by atoms with Crippen molar-refractivity contribution < 1.29 is 22.7 Å². The van der Waals surface area contributed by atoms with Gasteiger partial charge in [0.15, 0.2) is 0 Å². The molecule has 0 aliphatic carbocycles. The average Bonchev–Trinajstić information content (AvgIpc) is 3.23. The van der Waals surface area contributed by atoms with Gasteiger partial charge in [0.2, 0.25) is 15.9 Å². The van der Waals surface area contributed by atoms with Crippen LogP contribution in [0.3, 0.4) is 0 Å². The van der Waals surface area contributed by atoms with E-state index in [2.05, 4.69) is 5.32 Å². The van der Waals surface area contributed by atoms with Crippen molar-refractivity contribution in [1.29, 1.82) is 0 Å². The summed E-state index contributed by atoms with van der Waals surface area (Å²) in [5.41, 5.74) is 0.614. The number of carbonyl (C=O) groups excluding carboxylic acids is 1. The van der Waals surface area contributed by atoms with Crippen LogP contribution in [0, 0.1) is 0 Å². The van der Waals surface area contributed by atoms with Gasteiger partial charge in [0.1, 0.15) is 10.6 Å². The number of ether oxygens (including phenoxy) is 2. The summed E-state index contributed by atoms with van der Waals surface area (Å²) in [7, 11) is -2.29. The molecule has 1 aliphatic heterocycles. The van der Waals surface area contributed by atoms with E-state index in [0.29, 0.717) is 31.9 Å². The molecule has 1 aromatic heterocycles. The third-order valence-corrected chi connectivity index (χ3v) is 7.50. The number of morpholine rings is 1. The minimum atomic E-state index is -3.72. The molecule has 7 nitrogen and oxygen atoms in total. The van der Waals surface area contributed by atoms with Gasteiger partial charge in [0, 0.05) is 18.0 Å². The zero-order chi connectivity index (χ0) is 20.1. The second-order valence-electron chi connectivity index (χ2n) is 6.48. The highest BCUT2D eigenvalue weighted by Crippen LogP contribution is 2.28. The number of carbonyl (C=O) groups is 1. The van der Waals surface area contributed by atoms with Crippen LogP contribution in [0.5, 0.6) is 5.75 Å². The number of benzene rings is 1. The Morgan fingerprint density at radius 2 is 2.07 bits per heavy atom. The van der Waals surface area contributed by atoms with Crippen molar-refractivity contribution in [2.45, 2.75) is 24.3 Å². The number of hydrogen-bond acceptors (Lipinski definition) is 6. The molecular formula is C19H24N2O5S2. The highest BCUT2D eigenvalue weighted by Gasteiger charge is 2.29. The smallest absolute Gasteiger partial charge is 0.246 e. The van der Waals surface area contributed by atoms with Crippen LogP contribution < -0.4 is 10.1 Å². The summed E-state index contributed by atoms with van der Waals surface area (Å²) < 4.78 is 37.9. The third-order valence-electron chi connectivity index (χ3n) is 4.53. The van der Waals surface area contributed by atoms with Crippen LogP contribution in [0.25, 0.3) is 0 Å². The predicted octanol–water partition coefficient (Wildman–Crippen LogP) is 2.20. The zero-order valence-corrected chi connectivity index (χ0v) is 17.5. The molecule has 28 heavy (non-hydrogen) atoms. The van der Waals surface area contributed by atoms with Crippen LogP contribution in [0.2, 0.25) is 0 Å². The molecule has 152 valence electrons. The third kappa shape index (κ3) is 4.72. The molecule has 1 aliphatic rings. The number of nitrogens with one attached hydrogen (secondary N) is 1. The van der Waals surface area contributed by atoms with E-state index < -0.39 is 10.0 Å². The second kappa shape index (κ2) is 9.04. The molecule has 1 saturated heterocycles. The van der Waals surface area contributed by atoms with Crippen molar-refractivity contribution in [3.05, 3.63) is 46.2 Å². The van der Waals surface area contributed by atoms with Gasteiger partial charge in [-0.05, 0) is 36.1 Å². The number of amides is 1. The molecule has 1 fully saturated rings. The Morgan fingerprint density at radius 3 is 2.71 bits per heavy atom. The lowest BCUT2D eigenvalue weighted by molar-refractivity contribution is -0.121. The van der Waals surface area contributed by atoms with Gasteiger partial charge in [-0.15, -0.1) is 11.3 Å². The van der Waals surface area contributed by atoms with Crippen molar-refractivity contribution in [3.63, 3.8) is 0 Å². The first-order valence-corrected chi connectivity index (χ1v) is 11.3. The molecule has 0 saturated carbocycles. The van der Waals surface area contributed by atoms with E-state index in [1.807, 2.05) is 24.4 Å². The Bertz CT molecular complexity index is 906. The summed E-state index contributed by atoms with van der Waals surface area (Å²) >= 11 is 1.58. The Balaban J connectivity index is 1.77. The Morgan fingerprint density at radius 1 is 1.32 bits per heavy atom. The first-order valence-electron chi connectivity index (χ1n) is 8.99. The fourth-order valence-corrected chi connectivity index (χ4v) is 5.39. The summed E-state index contributed by atoms with van der Waals surface area (Å²) in [5, 5.41) is 4.91. The molecule has 1 N–H and O–H groups in total. The first-order chi connectivity index (χ1) is 13.4. The summed E-state index contributed by atoms with van der Waals surface area (Å²) in [6.45, 7) is 3.25. The van der Waals surface area contributed by atoms with Gasteiger partial charge in [0.05, 0.1) is 32.8 Å². The van der Waals surface area contributed by atoms with Gasteiger partial charge < -0.3 is 14.8 Å². The van der Waals surface area contributed by atoms with Gasteiger partial charge in [-0.25, -0.2) is 8.42 Å². The maximum atomic E-state index is 13.0. The number of thiophene rings is 1. The molecule has 3 rings (SSSR count). The predicted molar refractivity (Wildman–Crippen MR) is 107 cm³/mol. The minimum absolute atomic E-state index is 0.0773. The Hall–Kier alpha value is -1.94. The molecular weight excluding hydrogens is 400 g/mol. The first kappa shape index (κ1) is 20.8. The maximum absolute atomic E-state index is 13.0. The van der Waals surface area contributed by atoms with Crippen molar-refractivity contribution in [2.24, 2.45) is 0 Å². The van der Waals surface area contributed by atoms with Gasteiger partial charge >= 0.3 is 0 Å². The van der Waals surface area contributed by atoms with Crippen molar-refractivity contribution >= 4 is 27.3 Å². The highest BCUT2D eigenvalue weighted by atomic mass is 32.2. The molecule has 1 atom stereocenters. The van der Waals surface area contributed by atoms with E-state index in [-0.39, 0.29) is 29.0 Å². The van der Waals surface area contributed by atoms with Crippen LogP contribution in [-0.2, 0) is 26.0 Å². The Labute approximate surface area is 169 Å². The van der Waals surface area contributed by atoms with Gasteiger partial charge in [-0.1, -0.05) is 12.1 Å². The summed E-state index contributed by atoms with van der Waals surface area (Å²) in [5.74, 6) is 0.100. The van der Waals surface area contributed by atoms with Crippen LogP contribution >= 0.6 is 11.3 Å². The van der Waals surface area contributed by atoms with Crippen molar-refractivity contribution in [3.8, 4) is 5.75 Å². The van der Waals surface area contributed by atoms with E-state index in [1.54, 1.807) is 23.5 Å². The van der Waals surface area contributed by atoms with Gasteiger partial charge in [0.25, 0.3) is 0 Å². The maximum Gasteiger partial charge on any atom is 0.246 e. The van der Waals surface area contributed by atoms with Gasteiger partial charge in [-0.3, -0.25) is 4.79 Å².